The van der Waals surface area contributed by atoms with Crippen LogP contribution < -0.4 is 4.90 Å². The Labute approximate surface area is 120 Å². The molecule has 1 aliphatic carbocycles. The van der Waals surface area contributed by atoms with Crippen LogP contribution in [0.5, 0.6) is 0 Å². The van der Waals surface area contributed by atoms with Crippen LogP contribution in [0.25, 0.3) is 0 Å². The second-order valence-corrected chi connectivity index (χ2v) is 6.47. The molecule has 0 aromatic heterocycles. The van der Waals surface area contributed by atoms with Crippen molar-refractivity contribution in [3.63, 3.8) is 0 Å². The van der Waals surface area contributed by atoms with E-state index < -0.39 is 0 Å². The number of carbonyl (C=O) groups excluding carboxylic acids is 2. The van der Waals surface area contributed by atoms with Crippen LogP contribution in [0.1, 0.15) is 32.1 Å². The molecule has 0 atom stereocenters. The monoisotopic (exact) mass is 280 g/mol. The van der Waals surface area contributed by atoms with E-state index in [-0.39, 0.29) is 0 Å². The summed E-state index contributed by atoms with van der Waals surface area (Å²) in [7, 11) is 0. The highest BCUT2D eigenvalue weighted by Gasteiger charge is 2.33. The highest BCUT2D eigenvalue weighted by atomic mass is 16.2. The summed E-state index contributed by atoms with van der Waals surface area (Å²) in [5.74, 6) is 0.972. The minimum Gasteiger partial charge on any atom is -0.338 e. The van der Waals surface area contributed by atoms with Crippen LogP contribution in [0.2, 0.25) is 0 Å². The van der Waals surface area contributed by atoms with Gasteiger partial charge in [-0.3, -0.25) is 9.59 Å². The molecule has 0 radical (unpaired) electrons. The van der Waals surface area contributed by atoms with Crippen molar-refractivity contribution >= 4 is 11.8 Å². The number of nitrogens with one attached hydrogen (secondary N) is 1. The molecule has 2 heterocycles. The molecule has 3 aliphatic rings. The van der Waals surface area contributed by atoms with Crippen LogP contribution >= 0.6 is 0 Å². The van der Waals surface area contributed by atoms with Crippen molar-refractivity contribution in [3.05, 3.63) is 0 Å². The molecule has 20 heavy (non-hydrogen) atoms. The lowest BCUT2D eigenvalue weighted by molar-refractivity contribution is -0.896. The van der Waals surface area contributed by atoms with Gasteiger partial charge >= 0.3 is 0 Å². The predicted octanol–water partition coefficient (Wildman–Crippen LogP) is -0.864. The van der Waals surface area contributed by atoms with Gasteiger partial charge in [-0.05, 0) is 25.7 Å². The van der Waals surface area contributed by atoms with Gasteiger partial charge in [-0.2, -0.15) is 0 Å². The fourth-order valence-corrected chi connectivity index (χ4v) is 3.43. The van der Waals surface area contributed by atoms with Crippen molar-refractivity contribution in [2.75, 3.05) is 45.8 Å². The van der Waals surface area contributed by atoms with E-state index in [4.69, 9.17) is 0 Å². The summed E-state index contributed by atoms with van der Waals surface area (Å²) < 4.78 is 0. The average molecular weight is 280 g/mol. The first-order valence-corrected chi connectivity index (χ1v) is 8.14. The number of carbonyl (C=O) groups is 2. The lowest BCUT2D eigenvalue weighted by atomic mass is 9.84. The molecule has 0 unspecified atom stereocenters. The lowest BCUT2D eigenvalue weighted by Gasteiger charge is -2.36. The zero-order valence-electron chi connectivity index (χ0n) is 12.3. The smallest absolute Gasteiger partial charge is 0.277 e. The fraction of sp³-hybridized carbons (Fsp3) is 0.867. The minimum absolute atomic E-state index is 0.302. The van der Waals surface area contributed by atoms with Gasteiger partial charge < -0.3 is 14.7 Å². The summed E-state index contributed by atoms with van der Waals surface area (Å²) in [6, 6.07) is 0. The molecule has 0 aromatic carbocycles. The Balaban J connectivity index is 1.41. The molecule has 2 saturated heterocycles. The Morgan fingerprint density at radius 2 is 1.55 bits per heavy atom. The first-order valence-electron chi connectivity index (χ1n) is 8.14. The van der Waals surface area contributed by atoms with E-state index in [1.807, 2.05) is 9.80 Å². The van der Waals surface area contributed by atoms with Crippen molar-refractivity contribution in [1.29, 1.82) is 0 Å². The van der Waals surface area contributed by atoms with Gasteiger partial charge in [-0.15, -0.1) is 0 Å². The number of piperazine rings is 1. The summed E-state index contributed by atoms with van der Waals surface area (Å²) >= 11 is 0. The third kappa shape index (κ3) is 2.97. The van der Waals surface area contributed by atoms with Crippen molar-refractivity contribution in [1.82, 2.24) is 9.80 Å². The van der Waals surface area contributed by atoms with Crippen LogP contribution in [0.15, 0.2) is 0 Å². The topological polar surface area (TPSA) is 45.1 Å². The summed E-state index contributed by atoms with van der Waals surface area (Å²) in [4.78, 5) is 29.6. The number of hydrogen-bond donors (Lipinski definition) is 1. The third-order valence-electron chi connectivity index (χ3n) is 5.10. The molecule has 2 aliphatic heterocycles. The van der Waals surface area contributed by atoms with Crippen LogP contribution in [-0.2, 0) is 9.59 Å². The van der Waals surface area contributed by atoms with Crippen LogP contribution in [0, 0.1) is 5.92 Å². The number of nitrogens with zero attached hydrogens (tertiary/aromatic N) is 2. The Bertz CT molecular complexity index is 367. The van der Waals surface area contributed by atoms with Crippen LogP contribution in [-0.4, -0.2) is 67.4 Å². The van der Waals surface area contributed by atoms with Crippen molar-refractivity contribution < 1.29 is 14.5 Å². The second-order valence-electron chi connectivity index (χ2n) is 6.47. The second kappa shape index (κ2) is 6.12. The molecule has 112 valence electrons. The van der Waals surface area contributed by atoms with Gasteiger partial charge in [0, 0.05) is 19.0 Å². The van der Waals surface area contributed by atoms with E-state index >= 15 is 0 Å². The van der Waals surface area contributed by atoms with Gasteiger partial charge in [0.15, 0.2) is 6.54 Å². The zero-order valence-corrected chi connectivity index (χ0v) is 12.3. The van der Waals surface area contributed by atoms with E-state index in [1.54, 1.807) is 0 Å². The molecule has 1 N–H and O–H groups in total. The standard InChI is InChI=1S/C15H25N3O2/c19-14(17-6-1-2-7-17)12-16-8-10-18(11-9-16)15(20)13-4-3-5-13/h13H,1-12H2/p+1. The zero-order chi connectivity index (χ0) is 13.9. The molecule has 0 spiro atoms. The van der Waals surface area contributed by atoms with E-state index in [2.05, 4.69) is 0 Å². The van der Waals surface area contributed by atoms with E-state index in [0.29, 0.717) is 24.3 Å². The van der Waals surface area contributed by atoms with Gasteiger partial charge in [0.2, 0.25) is 5.91 Å². The minimum atomic E-state index is 0.302. The first-order chi connectivity index (χ1) is 9.74. The predicted molar refractivity (Wildman–Crippen MR) is 75.3 cm³/mol. The number of quaternary nitrogens is 1. The third-order valence-corrected chi connectivity index (χ3v) is 5.10. The maximum absolute atomic E-state index is 12.2. The summed E-state index contributed by atoms with van der Waals surface area (Å²) in [6.07, 6.45) is 5.69. The van der Waals surface area contributed by atoms with Gasteiger partial charge in [0.05, 0.1) is 26.2 Å². The maximum Gasteiger partial charge on any atom is 0.277 e. The number of hydrogen-bond acceptors (Lipinski definition) is 2. The van der Waals surface area contributed by atoms with Crippen molar-refractivity contribution in [2.24, 2.45) is 5.92 Å². The summed E-state index contributed by atoms with van der Waals surface area (Å²) in [5.41, 5.74) is 0. The molecular formula is C15H26N3O2+. The lowest BCUT2D eigenvalue weighted by Crippen LogP contribution is -3.15. The Hall–Kier alpha value is -1.10. The molecule has 2 amide bonds. The highest BCUT2D eigenvalue weighted by Crippen LogP contribution is 2.28. The van der Waals surface area contributed by atoms with Gasteiger partial charge in [0.25, 0.3) is 5.91 Å². The van der Waals surface area contributed by atoms with E-state index in [1.165, 1.54) is 11.3 Å². The molecule has 3 fully saturated rings. The molecule has 5 nitrogen and oxygen atoms in total. The average Bonchev–Trinajstić information content (AvgIpc) is 2.91. The van der Waals surface area contributed by atoms with Crippen LogP contribution in [0.3, 0.4) is 0 Å². The van der Waals surface area contributed by atoms with Gasteiger partial charge in [-0.1, -0.05) is 6.42 Å². The van der Waals surface area contributed by atoms with Gasteiger partial charge in [-0.25, -0.2) is 0 Å². The normalized spacial score (nSPS) is 24.8. The fourth-order valence-electron chi connectivity index (χ4n) is 3.43. The molecule has 5 heteroatoms. The van der Waals surface area contributed by atoms with Crippen molar-refractivity contribution in [2.45, 2.75) is 32.1 Å². The Morgan fingerprint density at radius 3 is 2.10 bits per heavy atom. The SMILES string of the molecule is O=C(C[NH+]1CCN(C(=O)C2CCC2)CC1)N1CCCC1. The molecule has 1 saturated carbocycles. The quantitative estimate of drug-likeness (QED) is 0.731. The molecule has 3 rings (SSSR count). The molecule has 0 bridgehead atoms. The van der Waals surface area contributed by atoms with E-state index in [0.717, 1.165) is 65.0 Å². The number of likely N-dealkylation sites (tertiary alicyclic amines) is 1. The highest BCUT2D eigenvalue weighted by molar-refractivity contribution is 5.79. The van der Waals surface area contributed by atoms with Crippen molar-refractivity contribution in [3.8, 4) is 0 Å². The molecular weight excluding hydrogens is 254 g/mol. The Morgan fingerprint density at radius 1 is 0.900 bits per heavy atom. The summed E-state index contributed by atoms with van der Waals surface area (Å²) in [5, 5.41) is 0. The summed E-state index contributed by atoms with van der Waals surface area (Å²) in [6.45, 7) is 6.02. The Kier molecular flexibility index (Phi) is 4.24. The van der Waals surface area contributed by atoms with Crippen LogP contribution in [0.4, 0.5) is 0 Å². The largest absolute Gasteiger partial charge is 0.338 e. The number of amides is 2. The molecule has 0 aromatic rings. The van der Waals surface area contributed by atoms with E-state index in [9.17, 15) is 9.59 Å². The number of rotatable bonds is 3. The first kappa shape index (κ1) is 13.9. The van der Waals surface area contributed by atoms with Gasteiger partial charge in [0.1, 0.15) is 0 Å². The maximum atomic E-state index is 12.2.